The lowest BCUT2D eigenvalue weighted by Crippen LogP contribution is -2.31. The second kappa shape index (κ2) is 10.3. The molecule has 0 bridgehead atoms. The highest BCUT2D eigenvalue weighted by atomic mass is 32.2. The highest BCUT2D eigenvalue weighted by Gasteiger charge is 2.31. The largest absolute Gasteiger partial charge is 0.493 e. The number of halogens is 1. The topological polar surface area (TPSA) is 93.3 Å². The molecule has 1 aliphatic heterocycles. The zero-order chi connectivity index (χ0) is 24.2. The van der Waals surface area contributed by atoms with Crippen LogP contribution in [0.3, 0.4) is 0 Å². The minimum atomic E-state index is -0.468. The standard InChI is InChI=1S/C25H26FN3O4S/c1-14(2)12-33-19-9-6-16(10-20(19)32-3)18-11-21(30)27-23-22(18)24(31)29-25(28-23)34-13-15-4-7-17(26)8-5-15/h4-10,14,18H,11-13H2,1-3H3,(H2,27,28,29,30,31)/t18-/m0/s1. The quantitative estimate of drug-likeness (QED) is 0.356. The van der Waals surface area contributed by atoms with E-state index in [4.69, 9.17) is 9.47 Å². The molecule has 2 aromatic carbocycles. The van der Waals surface area contributed by atoms with Gasteiger partial charge in [-0.05, 0) is 41.3 Å². The SMILES string of the molecule is COc1cc([C@@H]2CC(=O)Nc3nc(SCc4ccc(F)cc4)[nH]c(=O)c32)ccc1OCC(C)C. The van der Waals surface area contributed by atoms with E-state index in [9.17, 15) is 14.0 Å². The van der Waals surface area contributed by atoms with Crippen molar-refractivity contribution in [2.24, 2.45) is 5.92 Å². The number of H-pyrrole nitrogens is 1. The normalized spacial score (nSPS) is 15.1. The van der Waals surface area contributed by atoms with Gasteiger partial charge in [0.05, 0.1) is 19.3 Å². The van der Waals surface area contributed by atoms with Crippen LogP contribution in [0.25, 0.3) is 0 Å². The summed E-state index contributed by atoms with van der Waals surface area (Å²) in [7, 11) is 1.56. The summed E-state index contributed by atoms with van der Waals surface area (Å²) < 4.78 is 24.4. The monoisotopic (exact) mass is 483 g/mol. The van der Waals surface area contributed by atoms with E-state index >= 15 is 0 Å². The fraction of sp³-hybridized carbons (Fsp3) is 0.320. The molecule has 1 atom stereocenters. The number of thioether (sulfide) groups is 1. The molecule has 0 fully saturated rings. The molecule has 4 rings (SSSR count). The highest BCUT2D eigenvalue weighted by Crippen LogP contribution is 2.38. The van der Waals surface area contributed by atoms with Gasteiger partial charge in [-0.1, -0.05) is 43.8 Å². The number of fused-ring (bicyclic) bond motifs is 1. The van der Waals surface area contributed by atoms with E-state index in [0.29, 0.717) is 40.5 Å². The Labute approximate surface area is 201 Å². The molecule has 9 heteroatoms. The molecule has 0 radical (unpaired) electrons. The Bertz CT molecular complexity index is 1240. The number of amides is 1. The maximum Gasteiger partial charge on any atom is 0.257 e. The van der Waals surface area contributed by atoms with Crippen LogP contribution in [0.15, 0.2) is 52.4 Å². The van der Waals surface area contributed by atoms with E-state index in [1.54, 1.807) is 31.4 Å². The summed E-state index contributed by atoms with van der Waals surface area (Å²) in [5.74, 6) is 1.27. The molecule has 0 saturated carbocycles. The Hall–Kier alpha value is -3.33. The van der Waals surface area contributed by atoms with Crippen molar-refractivity contribution in [2.45, 2.75) is 37.1 Å². The van der Waals surface area contributed by atoms with Crippen molar-refractivity contribution in [1.82, 2.24) is 9.97 Å². The van der Waals surface area contributed by atoms with Gasteiger partial charge in [-0.2, -0.15) is 0 Å². The molecule has 2 N–H and O–H groups in total. The number of rotatable bonds is 8. The van der Waals surface area contributed by atoms with Gasteiger partial charge >= 0.3 is 0 Å². The lowest BCUT2D eigenvalue weighted by Gasteiger charge is -2.25. The molecule has 0 unspecified atom stereocenters. The van der Waals surface area contributed by atoms with E-state index in [-0.39, 0.29) is 29.5 Å². The summed E-state index contributed by atoms with van der Waals surface area (Å²) in [6.07, 6.45) is 0.120. The van der Waals surface area contributed by atoms with Crippen molar-refractivity contribution in [1.29, 1.82) is 0 Å². The summed E-state index contributed by atoms with van der Waals surface area (Å²) in [6.45, 7) is 4.67. The van der Waals surface area contributed by atoms with Gasteiger partial charge in [-0.3, -0.25) is 9.59 Å². The molecule has 34 heavy (non-hydrogen) atoms. The van der Waals surface area contributed by atoms with E-state index in [1.807, 2.05) is 6.07 Å². The number of carbonyl (C=O) groups is 1. The summed E-state index contributed by atoms with van der Waals surface area (Å²) in [6, 6.07) is 11.6. The Morgan fingerprint density at radius 1 is 1.15 bits per heavy atom. The van der Waals surface area contributed by atoms with Crippen LogP contribution in [-0.4, -0.2) is 29.6 Å². The smallest absolute Gasteiger partial charge is 0.257 e. The van der Waals surface area contributed by atoms with Crippen molar-refractivity contribution >= 4 is 23.5 Å². The fourth-order valence-corrected chi connectivity index (χ4v) is 4.53. The molecule has 1 aliphatic rings. The lowest BCUT2D eigenvalue weighted by atomic mass is 9.86. The van der Waals surface area contributed by atoms with E-state index in [2.05, 4.69) is 29.1 Å². The molecule has 0 saturated heterocycles. The lowest BCUT2D eigenvalue weighted by molar-refractivity contribution is -0.116. The number of nitrogens with zero attached hydrogens (tertiary/aromatic N) is 1. The molecular formula is C25H26FN3O4S. The van der Waals surface area contributed by atoms with Crippen molar-refractivity contribution in [3.8, 4) is 11.5 Å². The van der Waals surface area contributed by atoms with Gasteiger partial charge in [0.1, 0.15) is 11.6 Å². The molecule has 0 spiro atoms. The number of ether oxygens (including phenoxy) is 2. The van der Waals surface area contributed by atoms with E-state index < -0.39 is 5.92 Å². The molecule has 1 amide bonds. The van der Waals surface area contributed by atoms with Crippen LogP contribution in [-0.2, 0) is 10.5 Å². The van der Waals surface area contributed by atoms with Gasteiger partial charge in [-0.25, -0.2) is 9.37 Å². The minimum absolute atomic E-state index is 0.120. The highest BCUT2D eigenvalue weighted by molar-refractivity contribution is 7.98. The first-order chi connectivity index (χ1) is 16.3. The summed E-state index contributed by atoms with van der Waals surface area (Å²) in [4.78, 5) is 32.9. The third kappa shape index (κ3) is 5.41. The number of carbonyl (C=O) groups excluding carboxylic acids is 1. The number of methoxy groups -OCH3 is 1. The van der Waals surface area contributed by atoms with Crippen LogP contribution in [0, 0.1) is 11.7 Å². The predicted molar refractivity (Wildman–Crippen MR) is 129 cm³/mol. The van der Waals surface area contributed by atoms with Crippen LogP contribution in [0.2, 0.25) is 0 Å². The average molecular weight is 484 g/mol. The van der Waals surface area contributed by atoms with Crippen LogP contribution in [0.4, 0.5) is 10.2 Å². The minimum Gasteiger partial charge on any atom is -0.493 e. The molecule has 7 nitrogen and oxygen atoms in total. The van der Waals surface area contributed by atoms with Crippen molar-refractivity contribution in [2.75, 3.05) is 19.0 Å². The zero-order valence-corrected chi connectivity index (χ0v) is 20.0. The number of benzene rings is 2. The Morgan fingerprint density at radius 2 is 1.91 bits per heavy atom. The van der Waals surface area contributed by atoms with Crippen molar-refractivity contribution in [3.63, 3.8) is 0 Å². The summed E-state index contributed by atoms with van der Waals surface area (Å²) >= 11 is 1.30. The summed E-state index contributed by atoms with van der Waals surface area (Å²) in [5.41, 5.74) is 1.75. The first kappa shape index (κ1) is 23.8. The zero-order valence-electron chi connectivity index (χ0n) is 19.2. The van der Waals surface area contributed by atoms with Crippen LogP contribution < -0.4 is 20.3 Å². The van der Waals surface area contributed by atoms with Gasteiger partial charge in [0, 0.05) is 18.1 Å². The van der Waals surface area contributed by atoms with Crippen LogP contribution in [0.1, 0.15) is 42.9 Å². The number of hydrogen-bond donors (Lipinski definition) is 2. The first-order valence-corrected chi connectivity index (χ1v) is 11.9. The maximum atomic E-state index is 13.1. The molecule has 3 aromatic rings. The number of anilines is 1. The Morgan fingerprint density at radius 3 is 2.62 bits per heavy atom. The molecule has 2 heterocycles. The van der Waals surface area contributed by atoms with Gasteiger partial charge in [-0.15, -0.1) is 0 Å². The number of nitrogens with one attached hydrogen (secondary N) is 2. The third-order valence-electron chi connectivity index (χ3n) is 5.38. The Kier molecular flexibility index (Phi) is 7.21. The number of aromatic nitrogens is 2. The second-order valence-electron chi connectivity index (χ2n) is 8.47. The second-order valence-corrected chi connectivity index (χ2v) is 9.43. The summed E-state index contributed by atoms with van der Waals surface area (Å²) in [5, 5.41) is 3.11. The van der Waals surface area contributed by atoms with Crippen molar-refractivity contribution < 1.29 is 18.7 Å². The Balaban J connectivity index is 1.61. The van der Waals surface area contributed by atoms with Gasteiger partial charge in [0.2, 0.25) is 5.91 Å². The van der Waals surface area contributed by atoms with Crippen LogP contribution in [0.5, 0.6) is 11.5 Å². The molecule has 178 valence electrons. The van der Waals surface area contributed by atoms with Crippen LogP contribution >= 0.6 is 11.8 Å². The average Bonchev–Trinajstić information content (AvgIpc) is 2.81. The predicted octanol–water partition coefficient (Wildman–Crippen LogP) is 4.72. The third-order valence-corrected chi connectivity index (χ3v) is 6.32. The molecule has 1 aromatic heterocycles. The molecular weight excluding hydrogens is 457 g/mol. The number of hydrogen-bond acceptors (Lipinski definition) is 6. The van der Waals surface area contributed by atoms with E-state index in [1.165, 1.54) is 23.9 Å². The van der Waals surface area contributed by atoms with Gasteiger partial charge < -0.3 is 19.8 Å². The van der Waals surface area contributed by atoms with Gasteiger partial charge in [0.15, 0.2) is 16.7 Å². The maximum absolute atomic E-state index is 13.1. The number of aromatic amines is 1. The first-order valence-electron chi connectivity index (χ1n) is 11.0. The fourth-order valence-electron chi connectivity index (χ4n) is 3.71. The van der Waals surface area contributed by atoms with Crippen molar-refractivity contribution in [3.05, 3.63) is 75.3 Å². The van der Waals surface area contributed by atoms with E-state index in [0.717, 1.165) is 11.1 Å². The van der Waals surface area contributed by atoms with Gasteiger partial charge in [0.25, 0.3) is 5.56 Å². The molecule has 0 aliphatic carbocycles.